The van der Waals surface area contributed by atoms with E-state index in [1.165, 1.54) is 0 Å². The molecule has 4 N–H and O–H groups in total. The zero-order valence-corrected chi connectivity index (χ0v) is 16.0. The highest BCUT2D eigenvalue weighted by Crippen LogP contribution is 2.10. The molecule has 0 aromatic heterocycles. The normalized spacial score (nSPS) is 14.0. The number of amides is 2. The molecule has 144 valence electrons. The zero-order valence-electron chi connectivity index (χ0n) is 16.0. The number of nitrogens with two attached hydrogens (primary N) is 1. The third-order valence-electron chi connectivity index (χ3n) is 4.74. The first-order valence-electron chi connectivity index (χ1n) is 9.42. The Kier molecular flexibility index (Phi) is 8.01. The van der Waals surface area contributed by atoms with Crippen LogP contribution < -0.4 is 16.4 Å². The van der Waals surface area contributed by atoms with Crippen LogP contribution in [0.1, 0.15) is 31.4 Å². The summed E-state index contributed by atoms with van der Waals surface area (Å²) in [5.74, 6) is -0.485. The molecule has 2 amide bonds. The fourth-order valence-corrected chi connectivity index (χ4v) is 2.82. The van der Waals surface area contributed by atoms with Crippen LogP contribution in [-0.2, 0) is 22.6 Å². The van der Waals surface area contributed by atoms with E-state index in [2.05, 4.69) is 10.6 Å². The van der Waals surface area contributed by atoms with Crippen LogP contribution in [0.25, 0.3) is 0 Å². The lowest BCUT2D eigenvalue weighted by Crippen LogP contribution is -2.54. The molecule has 2 aromatic carbocycles. The van der Waals surface area contributed by atoms with Gasteiger partial charge in [0.1, 0.15) is 6.04 Å². The molecular formula is C22H29N3O2. The van der Waals surface area contributed by atoms with Crippen molar-refractivity contribution in [2.24, 2.45) is 11.7 Å². The third kappa shape index (κ3) is 6.53. The van der Waals surface area contributed by atoms with E-state index in [0.717, 1.165) is 17.5 Å². The Labute approximate surface area is 161 Å². The van der Waals surface area contributed by atoms with Crippen LogP contribution in [-0.4, -0.2) is 23.9 Å². The minimum Gasteiger partial charge on any atom is -0.350 e. The molecular weight excluding hydrogens is 338 g/mol. The van der Waals surface area contributed by atoms with Crippen molar-refractivity contribution in [2.45, 2.75) is 45.3 Å². The Morgan fingerprint density at radius 2 is 1.48 bits per heavy atom. The van der Waals surface area contributed by atoms with Crippen molar-refractivity contribution in [3.8, 4) is 0 Å². The number of benzene rings is 2. The highest BCUT2D eigenvalue weighted by molar-refractivity contribution is 5.90. The summed E-state index contributed by atoms with van der Waals surface area (Å²) in [6.45, 7) is 4.38. The quantitative estimate of drug-likeness (QED) is 0.636. The van der Waals surface area contributed by atoms with E-state index in [9.17, 15) is 9.59 Å². The molecule has 0 saturated carbocycles. The Morgan fingerprint density at radius 3 is 2.04 bits per heavy atom. The minimum atomic E-state index is -0.694. The van der Waals surface area contributed by atoms with Crippen LogP contribution in [0.4, 0.5) is 0 Å². The molecule has 0 aliphatic rings. The number of rotatable bonds is 9. The maximum Gasteiger partial charge on any atom is 0.243 e. The van der Waals surface area contributed by atoms with Crippen molar-refractivity contribution in [3.05, 3.63) is 71.8 Å². The van der Waals surface area contributed by atoms with Crippen LogP contribution in [0, 0.1) is 5.92 Å². The summed E-state index contributed by atoms with van der Waals surface area (Å²) < 4.78 is 0. The maximum absolute atomic E-state index is 12.7. The van der Waals surface area contributed by atoms with E-state index in [1.807, 2.05) is 74.5 Å². The molecule has 5 heteroatoms. The number of hydrogen-bond acceptors (Lipinski definition) is 3. The summed E-state index contributed by atoms with van der Waals surface area (Å²) >= 11 is 0. The first kappa shape index (κ1) is 20.6. The van der Waals surface area contributed by atoms with Crippen LogP contribution >= 0.6 is 0 Å². The van der Waals surface area contributed by atoms with Crippen molar-refractivity contribution in [1.29, 1.82) is 0 Å². The van der Waals surface area contributed by atoms with Gasteiger partial charge < -0.3 is 16.4 Å². The topological polar surface area (TPSA) is 84.2 Å². The number of carbonyl (C=O) groups excluding carboxylic acids is 2. The smallest absolute Gasteiger partial charge is 0.243 e. The lowest BCUT2D eigenvalue weighted by Gasteiger charge is -2.25. The van der Waals surface area contributed by atoms with Gasteiger partial charge in [-0.1, -0.05) is 80.9 Å². The molecule has 3 atom stereocenters. The van der Waals surface area contributed by atoms with Crippen LogP contribution in [0.2, 0.25) is 0 Å². The van der Waals surface area contributed by atoms with Gasteiger partial charge >= 0.3 is 0 Å². The fourth-order valence-electron chi connectivity index (χ4n) is 2.82. The lowest BCUT2D eigenvalue weighted by atomic mass is 9.97. The first-order valence-corrected chi connectivity index (χ1v) is 9.42. The summed E-state index contributed by atoms with van der Waals surface area (Å²) in [6, 6.07) is 18.0. The van der Waals surface area contributed by atoms with Gasteiger partial charge in [-0.25, -0.2) is 0 Å². The van der Waals surface area contributed by atoms with Crippen LogP contribution in [0.3, 0.4) is 0 Å². The van der Waals surface area contributed by atoms with E-state index in [0.29, 0.717) is 13.0 Å². The molecule has 0 fully saturated rings. The Hall–Kier alpha value is -2.66. The largest absolute Gasteiger partial charge is 0.350 e. The van der Waals surface area contributed by atoms with Crippen molar-refractivity contribution in [3.63, 3.8) is 0 Å². The van der Waals surface area contributed by atoms with Gasteiger partial charge in [-0.15, -0.1) is 0 Å². The molecule has 27 heavy (non-hydrogen) atoms. The van der Waals surface area contributed by atoms with Gasteiger partial charge in [-0.2, -0.15) is 0 Å². The summed E-state index contributed by atoms with van der Waals surface area (Å²) in [5, 5.41) is 5.76. The Bertz CT molecular complexity index is 719. The minimum absolute atomic E-state index is 0.00801. The molecule has 2 aromatic rings. The second-order valence-corrected chi connectivity index (χ2v) is 6.87. The highest BCUT2D eigenvalue weighted by Gasteiger charge is 2.27. The standard InChI is InChI=1S/C22H29N3O2/c1-3-16(2)20(22(27)24-15-18-12-8-5-9-13-18)25-21(26)19(23)14-17-10-6-4-7-11-17/h4-13,16,19-20H,3,14-15,23H2,1-2H3,(H,24,27)(H,25,26)/t16-,19-,20-/m0/s1. The average molecular weight is 367 g/mol. The summed E-state index contributed by atoms with van der Waals surface area (Å²) in [6.07, 6.45) is 1.21. The average Bonchev–Trinajstić information content (AvgIpc) is 2.71. The predicted molar refractivity (Wildman–Crippen MR) is 108 cm³/mol. The fraction of sp³-hybridized carbons (Fsp3) is 0.364. The van der Waals surface area contributed by atoms with Gasteiger partial charge in [-0.3, -0.25) is 9.59 Å². The van der Waals surface area contributed by atoms with Gasteiger partial charge in [0.2, 0.25) is 11.8 Å². The van der Waals surface area contributed by atoms with Gasteiger partial charge in [-0.05, 0) is 23.5 Å². The van der Waals surface area contributed by atoms with Crippen LogP contribution in [0.5, 0.6) is 0 Å². The molecule has 5 nitrogen and oxygen atoms in total. The Balaban J connectivity index is 1.96. The van der Waals surface area contributed by atoms with Gasteiger partial charge in [0.05, 0.1) is 6.04 Å². The maximum atomic E-state index is 12.7. The SMILES string of the molecule is CC[C@H](C)[C@H](NC(=O)[C@@H](N)Cc1ccccc1)C(=O)NCc1ccccc1. The summed E-state index contributed by atoms with van der Waals surface area (Å²) in [5.41, 5.74) is 8.07. The van der Waals surface area contributed by atoms with Gasteiger partial charge in [0.25, 0.3) is 0 Å². The Morgan fingerprint density at radius 1 is 0.926 bits per heavy atom. The third-order valence-corrected chi connectivity index (χ3v) is 4.74. The lowest BCUT2D eigenvalue weighted by molar-refractivity contribution is -0.130. The highest BCUT2D eigenvalue weighted by atomic mass is 16.2. The van der Waals surface area contributed by atoms with Crippen molar-refractivity contribution in [2.75, 3.05) is 0 Å². The second-order valence-electron chi connectivity index (χ2n) is 6.87. The van der Waals surface area contributed by atoms with Crippen molar-refractivity contribution in [1.82, 2.24) is 10.6 Å². The summed E-state index contributed by atoms with van der Waals surface area (Å²) in [7, 11) is 0. The van der Waals surface area contributed by atoms with E-state index >= 15 is 0 Å². The van der Waals surface area contributed by atoms with Gasteiger partial charge in [0.15, 0.2) is 0 Å². The molecule has 0 heterocycles. The summed E-state index contributed by atoms with van der Waals surface area (Å²) in [4.78, 5) is 25.2. The van der Waals surface area contributed by atoms with E-state index in [4.69, 9.17) is 5.73 Å². The van der Waals surface area contributed by atoms with E-state index < -0.39 is 12.1 Å². The molecule has 0 aliphatic heterocycles. The predicted octanol–water partition coefficient (Wildman–Crippen LogP) is 2.40. The zero-order chi connectivity index (χ0) is 19.6. The van der Waals surface area contributed by atoms with Crippen molar-refractivity contribution >= 4 is 11.8 Å². The monoisotopic (exact) mass is 367 g/mol. The van der Waals surface area contributed by atoms with Crippen LogP contribution in [0.15, 0.2) is 60.7 Å². The molecule has 0 unspecified atom stereocenters. The molecule has 0 spiro atoms. The van der Waals surface area contributed by atoms with Crippen molar-refractivity contribution < 1.29 is 9.59 Å². The molecule has 0 bridgehead atoms. The molecule has 0 saturated heterocycles. The number of hydrogen-bond donors (Lipinski definition) is 3. The van der Waals surface area contributed by atoms with E-state index in [1.54, 1.807) is 0 Å². The molecule has 0 aliphatic carbocycles. The second kappa shape index (κ2) is 10.5. The van der Waals surface area contributed by atoms with Gasteiger partial charge in [0, 0.05) is 6.54 Å². The van der Waals surface area contributed by atoms with E-state index in [-0.39, 0.29) is 17.7 Å². The molecule has 2 rings (SSSR count). The number of carbonyl (C=O) groups is 2. The first-order chi connectivity index (χ1) is 13.0. The molecule has 0 radical (unpaired) electrons. The number of nitrogens with one attached hydrogen (secondary N) is 2.